The van der Waals surface area contributed by atoms with Gasteiger partial charge in [0, 0.05) is 5.92 Å². The molecule has 0 unspecified atom stereocenters. The van der Waals surface area contributed by atoms with Crippen molar-refractivity contribution >= 4 is 5.78 Å². The van der Waals surface area contributed by atoms with Crippen molar-refractivity contribution in [3.05, 3.63) is 23.8 Å². The van der Waals surface area contributed by atoms with Crippen LogP contribution in [0.1, 0.15) is 30.1 Å². The van der Waals surface area contributed by atoms with Crippen LogP contribution >= 0.6 is 0 Å². The van der Waals surface area contributed by atoms with Crippen molar-refractivity contribution in [1.82, 2.24) is 0 Å². The average Bonchev–Trinajstić information content (AvgIpc) is 3.04. The van der Waals surface area contributed by atoms with E-state index in [1.807, 2.05) is 6.92 Å². The molecule has 3 heteroatoms. The van der Waals surface area contributed by atoms with Gasteiger partial charge in [-0.1, -0.05) is 0 Å². The zero-order valence-electron chi connectivity index (χ0n) is 8.69. The van der Waals surface area contributed by atoms with Crippen LogP contribution in [-0.2, 0) is 0 Å². The predicted octanol–water partition coefficient (Wildman–Crippen LogP) is 2.38. The molecule has 0 aromatic heterocycles. The molecule has 0 spiro atoms. The van der Waals surface area contributed by atoms with Gasteiger partial charge in [0.2, 0.25) is 0 Å². The van der Waals surface area contributed by atoms with E-state index >= 15 is 0 Å². The molecule has 2 rings (SSSR count). The number of ketones is 1. The lowest BCUT2D eigenvalue weighted by Gasteiger charge is -2.07. The summed E-state index contributed by atoms with van der Waals surface area (Å²) >= 11 is 0. The smallest absolute Gasteiger partial charge is 0.169 e. The van der Waals surface area contributed by atoms with Crippen LogP contribution in [0.15, 0.2) is 18.2 Å². The Labute approximate surface area is 88.7 Å². The summed E-state index contributed by atoms with van der Waals surface area (Å²) < 4.78 is 5.29. The molecule has 1 N–H and O–H groups in total. The number of hydrogen-bond acceptors (Lipinski definition) is 3. The van der Waals surface area contributed by atoms with Gasteiger partial charge in [-0.25, -0.2) is 0 Å². The van der Waals surface area contributed by atoms with Gasteiger partial charge in [0.1, 0.15) is 11.5 Å². The van der Waals surface area contributed by atoms with Gasteiger partial charge in [-0.15, -0.1) is 0 Å². The summed E-state index contributed by atoms with van der Waals surface area (Å²) in [5, 5.41) is 9.57. The van der Waals surface area contributed by atoms with Gasteiger partial charge >= 0.3 is 0 Å². The Balaban J connectivity index is 2.27. The second kappa shape index (κ2) is 3.93. The minimum absolute atomic E-state index is 0.0362. The number of phenolic OH excluding ortho intramolecular Hbond substituents is 1. The van der Waals surface area contributed by atoms with Crippen LogP contribution in [0.3, 0.4) is 0 Å². The summed E-state index contributed by atoms with van der Waals surface area (Å²) in [6, 6.07) is 4.81. The van der Waals surface area contributed by atoms with E-state index in [-0.39, 0.29) is 17.5 Å². The van der Waals surface area contributed by atoms with Gasteiger partial charge in [-0.2, -0.15) is 0 Å². The lowest BCUT2D eigenvalue weighted by atomic mass is 10.1. The van der Waals surface area contributed by atoms with Gasteiger partial charge in [0.15, 0.2) is 5.78 Å². The molecule has 1 aliphatic rings. The molecule has 0 aliphatic heterocycles. The molecule has 0 bridgehead atoms. The fourth-order valence-electron chi connectivity index (χ4n) is 1.53. The molecule has 0 atom stereocenters. The molecule has 1 aromatic carbocycles. The number of carbonyl (C=O) groups is 1. The van der Waals surface area contributed by atoms with Crippen LogP contribution in [0.2, 0.25) is 0 Å². The number of carbonyl (C=O) groups excluding carboxylic acids is 1. The van der Waals surface area contributed by atoms with Crippen LogP contribution in [-0.4, -0.2) is 17.5 Å². The first-order valence-electron chi connectivity index (χ1n) is 5.22. The molecule has 1 aliphatic carbocycles. The van der Waals surface area contributed by atoms with Crippen molar-refractivity contribution in [2.75, 3.05) is 6.61 Å². The number of ether oxygens (including phenoxy) is 1. The van der Waals surface area contributed by atoms with E-state index in [0.717, 1.165) is 12.8 Å². The van der Waals surface area contributed by atoms with Crippen LogP contribution in [0.5, 0.6) is 11.5 Å². The first-order valence-corrected chi connectivity index (χ1v) is 5.22. The number of hydrogen-bond donors (Lipinski definition) is 1. The van der Waals surface area contributed by atoms with E-state index < -0.39 is 0 Å². The van der Waals surface area contributed by atoms with Gasteiger partial charge in [-0.3, -0.25) is 4.79 Å². The Morgan fingerprint density at radius 2 is 2.27 bits per heavy atom. The maximum atomic E-state index is 11.8. The molecule has 1 saturated carbocycles. The van der Waals surface area contributed by atoms with Crippen molar-refractivity contribution < 1.29 is 14.6 Å². The van der Waals surface area contributed by atoms with Crippen LogP contribution in [0.4, 0.5) is 0 Å². The Hall–Kier alpha value is -1.51. The second-order valence-corrected chi connectivity index (χ2v) is 3.75. The molecule has 3 nitrogen and oxygen atoms in total. The fourth-order valence-corrected chi connectivity index (χ4v) is 1.53. The van der Waals surface area contributed by atoms with Crippen molar-refractivity contribution in [2.45, 2.75) is 19.8 Å². The Morgan fingerprint density at radius 1 is 1.53 bits per heavy atom. The normalized spacial score (nSPS) is 15.0. The third-order valence-corrected chi connectivity index (χ3v) is 2.49. The molecular formula is C12H14O3. The van der Waals surface area contributed by atoms with E-state index in [9.17, 15) is 9.90 Å². The maximum Gasteiger partial charge on any atom is 0.169 e. The monoisotopic (exact) mass is 206 g/mol. The first kappa shape index (κ1) is 10.0. The number of Topliss-reactive ketones (excluding diaryl/α,β-unsaturated/α-hetero) is 1. The standard InChI is InChI=1S/C12H14O3/c1-2-15-9-5-6-11(13)10(7-9)12(14)8-3-4-8/h5-8,13H,2-4H2,1H3. The highest BCUT2D eigenvalue weighted by Crippen LogP contribution is 2.36. The lowest BCUT2D eigenvalue weighted by Crippen LogP contribution is -2.02. The van der Waals surface area contributed by atoms with E-state index in [2.05, 4.69) is 0 Å². The summed E-state index contributed by atoms with van der Waals surface area (Å²) in [4.78, 5) is 11.8. The molecule has 80 valence electrons. The summed E-state index contributed by atoms with van der Waals surface area (Å²) in [7, 11) is 0. The average molecular weight is 206 g/mol. The van der Waals surface area contributed by atoms with Crippen molar-refractivity contribution in [1.29, 1.82) is 0 Å². The van der Waals surface area contributed by atoms with Crippen molar-refractivity contribution in [2.24, 2.45) is 5.92 Å². The number of aromatic hydroxyl groups is 1. The largest absolute Gasteiger partial charge is 0.507 e. The zero-order valence-corrected chi connectivity index (χ0v) is 8.69. The number of rotatable bonds is 4. The number of benzene rings is 1. The van der Waals surface area contributed by atoms with E-state index in [1.54, 1.807) is 12.1 Å². The highest BCUT2D eigenvalue weighted by Gasteiger charge is 2.32. The lowest BCUT2D eigenvalue weighted by molar-refractivity contribution is 0.0964. The summed E-state index contributed by atoms with van der Waals surface area (Å²) in [5.41, 5.74) is 0.392. The highest BCUT2D eigenvalue weighted by molar-refractivity contribution is 6.01. The van der Waals surface area contributed by atoms with Crippen LogP contribution in [0, 0.1) is 5.92 Å². The molecule has 0 heterocycles. The third kappa shape index (κ3) is 2.12. The minimum atomic E-state index is 0.0362. The van der Waals surface area contributed by atoms with E-state index in [0.29, 0.717) is 17.9 Å². The molecule has 1 fully saturated rings. The van der Waals surface area contributed by atoms with Gasteiger partial charge in [0.25, 0.3) is 0 Å². The van der Waals surface area contributed by atoms with E-state index in [4.69, 9.17) is 4.74 Å². The first-order chi connectivity index (χ1) is 7.22. The SMILES string of the molecule is CCOc1ccc(O)c(C(=O)C2CC2)c1. The molecule has 1 aromatic rings. The van der Waals surface area contributed by atoms with Crippen molar-refractivity contribution in [3.8, 4) is 11.5 Å². The molecule has 0 saturated heterocycles. The topological polar surface area (TPSA) is 46.5 Å². The van der Waals surface area contributed by atoms with E-state index in [1.165, 1.54) is 6.07 Å². The predicted molar refractivity (Wildman–Crippen MR) is 56.3 cm³/mol. The van der Waals surface area contributed by atoms with Gasteiger partial charge in [0.05, 0.1) is 12.2 Å². The van der Waals surface area contributed by atoms with Gasteiger partial charge < -0.3 is 9.84 Å². The molecule has 0 radical (unpaired) electrons. The second-order valence-electron chi connectivity index (χ2n) is 3.75. The molecule has 15 heavy (non-hydrogen) atoms. The van der Waals surface area contributed by atoms with Crippen LogP contribution in [0.25, 0.3) is 0 Å². The highest BCUT2D eigenvalue weighted by atomic mass is 16.5. The maximum absolute atomic E-state index is 11.8. The van der Waals surface area contributed by atoms with Gasteiger partial charge in [-0.05, 0) is 38.0 Å². The summed E-state index contributed by atoms with van der Waals surface area (Å²) in [5.74, 6) is 0.844. The molecule has 0 amide bonds. The Bertz CT molecular complexity index is 380. The van der Waals surface area contributed by atoms with Crippen molar-refractivity contribution in [3.63, 3.8) is 0 Å². The number of phenols is 1. The third-order valence-electron chi connectivity index (χ3n) is 2.49. The summed E-state index contributed by atoms with van der Waals surface area (Å²) in [6.45, 7) is 2.44. The van der Waals surface area contributed by atoms with Crippen LogP contribution < -0.4 is 4.74 Å². The Morgan fingerprint density at radius 3 is 2.87 bits per heavy atom. The Kier molecular flexibility index (Phi) is 2.62. The quantitative estimate of drug-likeness (QED) is 0.769. The molecular weight excluding hydrogens is 192 g/mol. The summed E-state index contributed by atoms with van der Waals surface area (Å²) in [6.07, 6.45) is 1.88. The zero-order chi connectivity index (χ0) is 10.8. The fraction of sp³-hybridized carbons (Fsp3) is 0.417. The minimum Gasteiger partial charge on any atom is -0.507 e.